The molecule has 0 saturated carbocycles. The molecule has 2 rings (SSSR count). The van der Waals surface area contributed by atoms with Gasteiger partial charge in [-0.3, -0.25) is 4.79 Å². The molecule has 1 aromatic rings. The summed E-state index contributed by atoms with van der Waals surface area (Å²) in [4.78, 5) is 13.2. The SMILES string of the molecule is CN1C(=O)COc2ccc(C(C)(C)CS)cc21. The van der Waals surface area contributed by atoms with Crippen LogP contribution in [0.25, 0.3) is 0 Å². The van der Waals surface area contributed by atoms with E-state index in [9.17, 15) is 4.79 Å². The number of nitrogens with zero attached hydrogens (tertiary/aromatic N) is 1. The summed E-state index contributed by atoms with van der Waals surface area (Å²) in [5.74, 6) is 1.51. The van der Waals surface area contributed by atoms with Gasteiger partial charge in [0.1, 0.15) is 5.75 Å². The normalized spacial score (nSPS) is 15.5. The highest BCUT2D eigenvalue weighted by Crippen LogP contribution is 2.36. The molecule has 4 heteroatoms. The predicted octanol–water partition coefficient (Wildman–Crippen LogP) is 2.25. The molecule has 1 heterocycles. The lowest BCUT2D eigenvalue weighted by Gasteiger charge is -2.29. The lowest BCUT2D eigenvalue weighted by atomic mass is 9.86. The molecular weight excluding hydrogens is 234 g/mol. The molecule has 0 fully saturated rings. The summed E-state index contributed by atoms with van der Waals surface area (Å²) in [6, 6.07) is 5.99. The molecule has 0 saturated heterocycles. The number of anilines is 1. The first-order chi connectivity index (χ1) is 7.95. The number of benzene rings is 1. The number of ether oxygens (including phenoxy) is 1. The molecule has 1 aliphatic heterocycles. The smallest absolute Gasteiger partial charge is 0.264 e. The van der Waals surface area contributed by atoms with E-state index in [4.69, 9.17) is 4.74 Å². The van der Waals surface area contributed by atoms with Crippen molar-refractivity contribution >= 4 is 24.2 Å². The molecular formula is C13H17NO2S. The minimum Gasteiger partial charge on any atom is -0.482 e. The minimum absolute atomic E-state index is 0.0144. The van der Waals surface area contributed by atoms with Crippen LogP contribution in [0.5, 0.6) is 5.75 Å². The number of thiol groups is 1. The number of amides is 1. The molecule has 1 amide bonds. The fourth-order valence-electron chi connectivity index (χ4n) is 1.78. The lowest BCUT2D eigenvalue weighted by Crippen LogP contribution is -2.35. The van der Waals surface area contributed by atoms with Gasteiger partial charge in [0, 0.05) is 7.05 Å². The molecule has 0 N–H and O–H groups in total. The predicted molar refractivity (Wildman–Crippen MR) is 72.2 cm³/mol. The summed E-state index contributed by atoms with van der Waals surface area (Å²) in [7, 11) is 1.78. The van der Waals surface area contributed by atoms with Crippen molar-refractivity contribution in [3.05, 3.63) is 23.8 Å². The van der Waals surface area contributed by atoms with Crippen molar-refractivity contribution < 1.29 is 9.53 Å². The second-order valence-electron chi connectivity index (χ2n) is 4.97. The van der Waals surface area contributed by atoms with Gasteiger partial charge in [0.05, 0.1) is 5.69 Å². The summed E-state index contributed by atoms with van der Waals surface area (Å²) in [6.45, 7) is 4.39. The van der Waals surface area contributed by atoms with Crippen LogP contribution in [-0.2, 0) is 10.2 Å². The van der Waals surface area contributed by atoms with Gasteiger partial charge in [0.25, 0.3) is 5.91 Å². The number of rotatable bonds is 2. The van der Waals surface area contributed by atoms with Gasteiger partial charge in [-0.15, -0.1) is 0 Å². The van der Waals surface area contributed by atoms with E-state index in [1.807, 2.05) is 18.2 Å². The Bertz CT molecular complexity index is 457. The molecule has 0 aromatic heterocycles. The topological polar surface area (TPSA) is 29.5 Å². The monoisotopic (exact) mass is 251 g/mol. The van der Waals surface area contributed by atoms with E-state index < -0.39 is 0 Å². The van der Waals surface area contributed by atoms with Gasteiger partial charge in [-0.05, 0) is 28.9 Å². The Morgan fingerprint density at radius 3 is 2.82 bits per heavy atom. The van der Waals surface area contributed by atoms with E-state index in [-0.39, 0.29) is 17.9 Å². The van der Waals surface area contributed by atoms with Crippen LogP contribution in [0.3, 0.4) is 0 Å². The van der Waals surface area contributed by atoms with Gasteiger partial charge in [0.15, 0.2) is 6.61 Å². The first kappa shape index (κ1) is 12.3. The minimum atomic E-state index is -0.0154. The quantitative estimate of drug-likeness (QED) is 0.817. The first-order valence-corrected chi connectivity index (χ1v) is 6.24. The third-order valence-corrected chi connectivity index (χ3v) is 4.01. The van der Waals surface area contributed by atoms with Crippen molar-refractivity contribution in [1.82, 2.24) is 0 Å². The maximum atomic E-state index is 11.6. The molecule has 1 aromatic carbocycles. The Balaban J connectivity index is 2.46. The Kier molecular flexibility index (Phi) is 3.08. The van der Waals surface area contributed by atoms with Crippen LogP contribution in [0.2, 0.25) is 0 Å². The molecule has 0 aliphatic carbocycles. The second-order valence-corrected chi connectivity index (χ2v) is 5.28. The zero-order valence-electron chi connectivity index (χ0n) is 10.4. The number of hydrogen-bond acceptors (Lipinski definition) is 3. The van der Waals surface area contributed by atoms with E-state index in [1.165, 1.54) is 0 Å². The van der Waals surface area contributed by atoms with Crippen molar-refractivity contribution in [2.75, 3.05) is 24.3 Å². The van der Waals surface area contributed by atoms with Gasteiger partial charge < -0.3 is 9.64 Å². The summed E-state index contributed by atoms with van der Waals surface area (Å²) in [5, 5.41) is 0. The number of carbonyl (C=O) groups is 1. The molecule has 1 aliphatic rings. The summed E-state index contributed by atoms with van der Waals surface area (Å²) < 4.78 is 5.40. The van der Waals surface area contributed by atoms with E-state index in [0.717, 1.165) is 22.8 Å². The maximum Gasteiger partial charge on any atom is 0.264 e. The van der Waals surface area contributed by atoms with E-state index >= 15 is 0 Å². The molecule has 17 heavy (non-hydrogen) atoms. The van der Waals surface area contributed by atoms with E-state index in [1.54, 1.807) is 11.9 Å². The largest absolute Gasteiger partial charge is 0.482 e. The van der Waals surface area contributed by atoms with Crippen LogP contribution < -0.4 is 9.64 Å². The lowest BCUT2D eigenvalue weighted by molar-refractivity contribution is -0.120. The first-order valence-electron chi connectivity index (χ1n) is 5.60. The van der Waals surface area contributed by atoms with E-state index in [2.05, 4.69) is 26.5 Å². The van der Waals surface area contributed by atoms with Crippen molar-refractivity contribution in [1.29, 1.82) is 0 Å². The van der Waals surface area contributed by atoms with Crippen molar-refractivity contribution in [2.24, 2.45) is 0 Å². The molecule has 0 unspecified atom stereocenters. The van der Waals surface area contributed by atoms with Crippen LogP contribution in [0, 0.1) is 0 Å². The van der Waals surface area contributed by atoms with Gasteiger partial charge in [-0.25, -0.2) is 0 Å². The van der Waals surface area contributed by atoms with Crippen LogP contribution in [0.15, 0.2) is 18.2 Å². The van der Waals surface area contributed by atoms with E-state index in [0.29, 0.717) is 0 Å². The summed E-state index contributed by atoms with van der Waals surface area (Å²) >= 11 is 4.37. The zero-order chi connectivity index (χ0) is 12.6. The molecule has 0 spiro atoms. The van der Waals surface area contributed by atoms with Crippen molar-refractivity contribution in [3.8, 4) is 5.75 Å². The Morgan fingerprint density at radius 2 is 2.18 bits per heavy atom. The number of carbonyl (C=O) groups excluding carboxylic acids is 1. The van der Waals surface area contributed by atoms with Gasteiger partial charge in [-0.1, -0.05) is 19.9 Å². The van der Waals surface area contributed by atoms with Gasteiger partial charge in [-0.2, -0.15) is 12.6 Å². The molecule has 92 valence electrons. The standard InChI is InChI=1S/C13H17NO2S/c1-13(2,8-17)9-4-5-11-10(6-9)14(3)12(15)7-16-11/h4-6,17H,7-8H2,1-3H3. The third kappa shape index (κ3) is 2.14. The van der Waals surface area contributed by atoms with Gasteiger partial charge in [0.2, 0.25) is 0 Å². The molecule has 0 atom stereocenters. The highest BCUT2D eigenvalue weighted by atomic mass is 32.1. The van der Waals surface area contributed by atoms with Crippen LogP contribution in [0.1, 0.15) is 19.4 Å². The van der Waals surface area contributed by atoms with Crippen LogP contribution in [-0.4, -0.2) is 25.3 Å². The summed E-state index contributed by atoms with van der Waals surface area (Å²) in [5.41, 5.74) is 1.99. The van der Waals surface area contributed by atoms with Crippen molar-refractivity contribution in [2.45, 2.75) is 19.3 Å². The zero-order valence-corrected chi connectivity index (χ0v) is 11.3. The molecule has 0 bridgehead atoms. The van der Waals surface area contributed by atoms with Crippen LogP contribution >= 0.6 is 12.6 Å². The average molecular weight is 251 g/mol. The molecule has 3 nitrogen and oxygen atoms in total. The van der Waals surface area contributed by atoms with Crippen LogP contribution in [0.4, 0.5) is 5.69 Å². The Hall–Kier alpha value is -1.16. The number of fused-ring (bicyclic) bond motifs is 1. The number of hydrogen-bond donors (Lipinski definition) is 1. The highest BCUT2D eigenvalue weighted by Gasteiger charge is 2.25. The average Bonchev–Trinajstić information content (AvgIpc) is 2.33. The maximum absolute atomic E-state index is 11.6. The second kappa shape index (κ2) is 4.26. The Labute approximate surface area is 107 Å². The van der Waals surface area contributed by atoms with Gasteiger partial charge >= 0.3 is 0 Å². The fraction of sp³-hybridized carbons (Fsp3) is 0.462. The highest BCUT2D eigenvalue weighted by molar-refractivity contribution is 7.80. The van der Waals surface area contributed by atoms with Crippen molar-refractivity contribution in [3.63, 3.8) is 0 Å². The summed E-state index contributed by atoms with van der Waals surface area (Å²) in [6.07, 6.45) is 0. The number of likely N-dealkylation sites (N-methyl/N-ethyl adjacent to an activating group) is 1. The third-order valence-electron chi connectivity index (χ3n) is 3.22. The Morgan fingerprint density at radius 1 is 1.47 bits per heavy atom. The molecule has 0 radical (unpaired) electrons. The fourth-order valence-corrected chi connectivity index (χ4v) is 1.97.